The minimum Gasteiger partial charge on any atom is -0.405 e. The Morgan fingerprint density at radius 2 is 1.47 bits per heavy atom. The van der Waals surface area contributed by atoms with Crippen molar-refractivity contribution in [1.29, 1.82) is 0 Å². The SMILES string of the molecule is C[C@H](CC(=O)[C@H](CCCCN)NC(=O)[C@H](C)CC(=O)[C@@H](NC(=O)[C@H](CCN)CC(=O)/C=C/C=C/C12CC3CC(CC(C3)C1)C2)[C@@H](C)O)B1O[C@@H]2C[C@@H]3C[C@@H](C3(C)C)[C@]2(C)O1. The van der Waals surface area contributed by atoms with E-state index >= 15 is 0 Å². The van der Waals surface area contributed by atoms with Crippen LogP contribution in [0, 0.1) is 52.3 Å². The Bertz CT molecular complexity index is 1610. The van der Waals surface area contributed by atoms with Crippen LogP contribution in [-0.2, 0) is 33.3 Å². The van der Waals surface area contributed by atoms with E-state index in [0.29, 0.717) is 37.6 Å². The molecule has 1 heterocycles. The van der Waals surface area contributed by atoms with E-state index in [9.17, 15) is 29.1 Å². The number of hydrogen-bond donors (Lipinski definition) is 5. The van der Waals surface area contributed by atoms with Gasteiger partial charge in [0.25, 0.3) is 0 Å². The zero-order valence-electron chi connectivity index (χ0n) is 37.3. The predicted molar refractivity (Wildman–Crippen MR) is 232 cm³/mol. The molecule has 0 unspecified atom stereocenters. The Kier molecular flexibility index (Phi) is 15.1. The summed E-state index contributed by atoms with van der Waals surface area (Å²) >= 11 is 0. The van der Waals surface area contributed by atoms with Gasteiger partial charge in [0.15, 0.2) is 17.3 Å². The number of rotatable bonds is 23. The van der Waals surface area contributed by atoms with E-state index < -0.39 is 54.7 Å². The van der Waals surface area contributed by atoms with Gasteiger partial charge in [0.1, 0.15) is 6.04 Å². The molecule has 0 aromatic carbocycles. The summed E-state index contributed by atoms with van der Waals surface area (Å²) in [5.74, 6) is -0.255. The fourth-order valence-corrected chi connectivity index (χ4v) is 12.7. The number of nitrogens with two attached hydrogens (primary N) is 2. The molecule has 12 nitrogen and oxygen atoms in total. The van der Waals surface area contributed by atoms with Gasteiger partial charge in [0.2, 0.25) is 11.8 Å². The number of carbonyl (C=O) groups is 5. The Labute approximate surface area is 359 Å². The molecular weight excluding hydrogens is 759 g/mol. The molecule has 0 spiro atoms. The molecule has 60 heavy (non-hydrogen) atoms. The van der Waals surface area contributed by atoms with E-state index in [0.717, 1.165) is 30.6 Å². The highest BCUT2D eigenvalue weighted by atomic mass is 16.7. The second-order valence-electron chi connectivity index (χ2n) is 21.1. The molecule has 6 bridgehead atoms. The maximum absolute atomic E-state index is 13.8. The maximum atomic E-state index is 13.8. The first-order chi connectivity index (χ1) is 28.4. The van der Waals surface area contributed by atoms with Gasteiger partial charge in [0, 0.05) is 31.1 Å². The van der Waals surface area contributed by atoms with Crippen LogP contribution in [-0.4, -0.2) is 84.4 Å². The largest absolute Gasteiger partial charge is 0.461 e. The Balaban J connectivity index is 0.991. The lowest BCUT2D eigenvalue weighted by Crippen LogP contribution is -2.65. The van der Waals surface area contributed by atoms with Crippen LogP contribution in [0.1, 0.15) is 138 Å². The second-order valence-corrected chi connectivity index (χ2v) is 21.1. The summed E-state index contributed by atoms with van der Waals surface area (Å²) in [6.45, 7) is 12.3. The van der Waals surface area contributed by atoms with Crippen LogP contribution in [0.25, 0.3) is 0 Å². The molecule has 0 aromatic rings. The first-order valence-electron chi connectivity index (χ1n) is 23.3. The number of allylic oxidation sites excluding steroid dienone is 4. The number of ketones is 3. The van der Waals surface area contributed by atoms with E-state index in [4.69, 9.17) is 20.8 Å². The van der Waals surface area contributed by atoms with Crippen molar-refractivity contribution in [3.8, 4) is 0 Å². The quantitative estimate of drug-likeness (QED) is 0.0385. The summed E-state index contributed by atoms with van der Waals surface area (Å²) in [6.07, 6.45) is 18.0. The number of hydrogen-bond acceptors (Lipinski definition) is 10. The van der Waals surface area contributed by atoms with E-state index in [2.05, 4.69) is 37.5 Å². The molecule has 10 atom stereocenters. The molecule has 1 saturated heterocycles. The fraction of sp³-hybridized carbons (Fsp3) is 0.809. The van der Waals surface area contributed by atoms with E-state index in [-0.39, 0.29) is 72.1 Å². The van der Waals surface area contributed by atoms with Gasteiger partial charge in [-0.15, -0.1) is 0 Å². The monoisotopic (exact) mass is 835 g/mol. The molecule has 1 aliphatic heterocycles. The highest BCUT2D eigenvalue weighted by Gasteiger charge is 2.68. The number of nitrogens with one attached hydrogen (secondary N) is 2. The zero-order chi connectivity index (χ0) is 43.6. The third kappa shape index (κ3) is 10.4. The van der Waals surface area contributed by atoms with Crippen molar-refractivity contribution in [3.63, 3.8) is 0 Å². The van der Waals surface area contributed by atoms with Crippen molar-refractivity contribution in [2.75, 3.05) is 13.1 Å². The van der Waals surface area contributed by atoms with Crippen LogP contribution in [0.4, 0.5) is 0 Å². The molecule has 7 saturated carbocycles. The van der Waals surface area contributed by atoms with Gasteiger partial charge in [0.05, 0.1) is 23.9 Å². The van der Waals surface area contributed by atoms with Gasteiger partial charge >= 0.3 is 7.12 Å². The standard InChI is InChI=1S/C47H75BN4O8/c1-28(43(57)51-37(12-8-10-15-49)38(55)18-29(2)48-59-41-24-35-23-40(45(35,4)5)46(41,6)60-48)17-39(56)42(30(3)53)52-44(58)34(13-16-50)22-36(54)11-7-9-14-47-25-31-19-32(26-47)21-33(20-31)27-47/h7,9,11,14,28-35,37,40-42,53H,8,10,12-13,15-27,49-50H2,1-6H3,(H,51,57)(H,52,58)/b11-7+,14-9+/t28-,29-,30-,31?,32?,33?,34-,35+,37+,40+,41-,42+,46+,47?/m1/s1. The molecule has 7 N–H and O–H groups in total. The van der Waals surface area contributed by atoms with Gasteiger partial charge in [-0.25, -0.2) is 0 Å². The summed E-state index contributed by atoms with van der Waals surface area (Å²) in [5, 5.41) is 16.2. The van der Waals surface area contributed by atoms with Crippen molar-refractivity contribution >= 4 is 36.3 Å². The average Bonchev–Trinajstić information content (AvgIpc) is 3.55. The van der Waals surface area contributed by atoms with Gasteiger partial charge in [-0.1, -0.05) is 45.9 Å². The van der Waals surface area contributed by atoms with Crippen LogP contribution in [0.3, 0.4) is 0 Å². The van der Waals surface area contributed by atoms with Crippen LogP contribution in [0.5, 0.6) is 0 Å². The molecule has 334 valence electrons. The first-order valence-corrected chi connectivity index (χ1v) is 23.3. The molecule has 13 heteroatoms. The van der Waals surface area contributed by atoms with Crippen molar-refractivity contribution in [2.45, 2.75) is 174 Å². The second kappa shape index (κ2) is 19.4. The third-order valence-electron chi connectivity index (χ3n) is 16.0. The highest BCUT2D eigenvalue weighted by Crippen LogP contribution is 2.66. The summed E-state index contributed by atoms with van der Waals surface area (Å²) < 4.78 is 13.1. The first kappa shape index (κ1) is 46.8. The fourth-order valence-electron chi connectivity index (χ4n) is 12.7. The van der Waals surface area contributed by atoms with Gasteiger partial charge in [-0.3, -0.25) is 24.0 Å². The normalized spacial score (nSPS) is 34.0. The van der Waals surface area contributed by atoms with Crippen molar-refractivity contribution in [1.82, 2.24) is 10.6 Å². The highest BCUT2D eigenvalue weighted by molar-refractivity contribution is 6.47. The van der Waals surface area contributed by atoms with Crippen LogP contribution >= 0.6 is 0 Å². The molecular formula is C47H75BN4O8. The minimum absolute atomic E-state index is 0.00436. The summed E-state index contributed by atoms with van der Waals surface area (Å²) in [7, 11) is -0.513. The van der Waals surface area contributed by atoms with Crippen LogP contribution < -0.4 is 22.1 Å². The van der Waals surface area contributed by atoms with Crippen LogP contribution in [0.2, 0.25) is 5.82 Å². The number of aliphatic hydroxyl groups is 1. The maximum Gasteiger partial charge on any atom is 0.461 e. The summed E-state index contributed by atoms with van der Waals surface area (Å²) in [5.41, 5.74) is 11.7. The molecule has 0 aromatic heterocycles. The van der Waals surface area contributed by atoms with E-state index in [1.54, 1.807) is 13.0 Å². The van der Waals surface area contributed by atoms with E-state index in [1.165, 1.54) is 51.5 Å². The number of amides is 2. The Hall–Kier alpha value is -2.71. The summed E-state index contributed by atoms with van der Waals surface area (Å²) in [6, 6.07) is -2.07. The summed E-state index contributed by atoms with van der Waals surface area (Å²) in [4.78, 5) is 67.5. The molecule has 7 aliphatic carbocycles. The lowest BCUT2D eigenvalue weighted by molar-refractivity contribution is -0.199. The number of carbonyl (C=O) groups excluding carboxylic acids is 5. The average molecular weight is 835 g/mol. The third-order valence-corrected chi connectivity index (χ3v) is 16.0. The van der Waals surface area contributed by atoms with Crippen LogP contribution in [0.15, 0.2) is 24.3 Å². The smallest absolute Gasteiger partial charge is 0.405 e. The van der Waals surface area contributed by atoms with Gasteiger partial charge in [-0.05, 0) is 156 Å². The van der Waals surface area contributed by atoms with E-state index in [1.807, 2.05) is 13.0 Å². The van der Waals surface area contributed by atoms with Gasteiger partial charge in [-0.2, -0.15) is 0 Å². The number of unbranched alkanes of at least 4 members (excludes halogenated alkanes) is 1. The number of aliphatic hydroxyl groups excluding tert-OH is 1. The molecule has 2 amide bonds. The number of Topliss-reactive ketones (excluding diaryl/α,β-unsaturated/α-hetero) is 2. The lowest BCUT2D eigenvalue weighted by Gasteiger charge is -2.64. The molecule has 8 rings (SSSR count). The molecule has 8 aliphatic rings. The Morgan fingerprint density at radius 3 is 2.07 bits per heavy atom. The topological polar surface area (TPSA) is 200 Å². The van der Waals surface area contributed by atoms with Crippen molar-refractivity contribution < 1.29 is 38.4 Å². The Morgan fingerprint density at radius 1 is 0.800 bits per heavy atom. The minimum atomic E-state index is -1.29. The van der Waals surface area contributed by atoms with Gasteiger partial charge < -0.3 is 36.5 Å². The van der Waals surface area contributed by atoms with Crippen molar-refractivity contribution in [3.05, 3.63) is 24.3 Å². The lowest BCUT2D eigenvalue weighted by atomic mass is 9.43. The molecule has 0 radical (unpaired) electrons. The zero-order valence-corrected chi connectivity index (χ0v) is 37.3. The molecule has 8 fully saturated rings. The predicted octanol–water partition coefficient (Wildman–Crippen LogP) is 5.39. The van der Waals surface area contributed by atoms with Crippen molar-refractivity contribution in [2.24, 2.45) is 63.7 Å².